The lowest BCUT2D eigenvalue weighted by atomic mass is 9.82. The first-order valence-corrected chi connectivity index (χ1v) is 18.3. The summed E-state index contributed by atoms with van der Waals surface area (Å²) in [5, 5.41) is 50.8. The van der Waals surface area contributed by atoms with Crippen molar-refractivity contribution in [3.63, 3.8) is 0 Å². The third-order valence-electron chi connectivity index (χ3n) is 8.11. The number of hydrogen-bond acceptors (Lipinski definition) is 14. The van der Waals surface area contributed by atoms with E-state index in [9.17, 15) is 53.8 Å². The van der Waals surface area contributed by atoms with Gasteiger partial charge in [0.05, 0.1) is 34.1 Å². The summed E-state index contributed by atoms with van der Waals surface area (Å²) in [7, 11) is 1.21. The molecule has 0 amide bonds. The van der Waals surface area contributed by atoms with Gasteiger partial charge in [-0.2, -0.15) is 8.78 Å². The maximum absolute atomic E-state index is 14.8. The summed E-state index contributed by atoms with van der Waals surface area (Å²) in [5.74, 6) is -4.65. The van der Waals surface area contributed by atoms with Gasteiger partial charge in [-0.05, 0) is 64.6 Å². The molecule has 0 bridgehead atoms. The Kier molecular flexibility index (Phi) is 19.5. The van der Waals surface area contributed by atoms with E-state index in [2.05, 4.69) is 25.4 Å². The first-order valence-electron chi connectivity index (χ1n) is 16.4. The number of carbonyl (C=O) groups is 2. The highest BCUT2D eigenvalue weighted by atomic mass is 79.9. The van der Waals surface area contributed by atoms with Gasteiger partial charge in [-0.3, -0.25) is 25.0 Å². The van der Waals surface area contributed by atoms with Crippen molar-refractivity contribution in [3.05, 3.63) is 76.3 Å². The van der Waals surface area contributed by atoms with Gasteiger partial charge in [0.2, 0.25) is 23.1 Å². The number of hydrogen-bond donors (Lipinski definition) is 3. The standard InChI is InChI=1S/C16H19BClFN2O6.C13H15BClFN2O4.C3H5BrO2/c1-17(23)20-5-3-4-10(8-20)6-11-7-12(18)16(27-9-13(22)26-2)15(14(11)19)21(24)25;1-14(20)17-4-2-3-8(7-17)5-9-6-10(15)13(19)12(11(9)16)18(21)22;1-6-3(5)2-4/h6-7,23H,3-5,8-9H2,1-2H3;5-6,19-20H,2-4,7H2,1H3;2H2,1H3. The van der Waals surface area contributed by atoms with Crippen LogP contribution in [-0.2, 0) is 19.1 Å². The Hall–Kier alpha value is -3.85. The minimum absolute atomic E-state index is 0.0445. The number of phenolic OH excluding ortho intramolecular Hbond substituents is 1. The number of ether oxygens (including phenoxy) is 3. The molecule has 300 valence electrons. The lowest BCUT2D eigenvalue weighted by Gasteiger charge is -2.29. The topological polar surface area (TPSA) is 215 Å². The van der Waals surface area contributed by atoms with Crippen LogP contribution in [0.25, 0.3) is 12.2 Å². The van der Waals surface area contributed by atoms with Gasteiger partial charge in [-0.1, -0.05) is 62.4 Å². The number of halogens is 5. The second-order valence-electron chi connectivity index (χ2n) is 12.0. The highest BCUT2D eigenvalue weighted by Crippen LogP contribution is 2.41. The Labute approximate surface area is 334 Å². The molecule has 2 aliphatic rings. The number of methoxy groups -OCH3 is 2. The Morgan fingerprint density at radius 1 is 0.873 bits per heavy atom. The van der Waals surface area contributed by atoms with E-state index in [4.69, 9.17) is 27.9 Å². The van der Waals surface area contributed by atoms with Crippen molar-refractivity contribution in [2.45, 2.75) is 39.3 Å². The van der Waals surface area contributed by atoms with Crippen molar-refractivity contribution in [2.24, 2.45) is 0 Å². The summed E-state index contributed by atoms with van der Waals surface area (Å²) in [5.41, 5.74) is -0.419. The van der Waals surface area contributed by atoms with Crippen LogP contribution < -0.4 is 4.74 Å². The van der Waals surface area contributed by atoms with Gasteiger partial charge in [-0.25, -0.2) is 4.79 Å². The minimum atomic E-state index is -1.12. The third kappa shape index (κ3) is 14.0. The molecule has 3 N–H and O–H groups in total. The number of nitrogens with zero attached hydrogens (tertiary/aromatic N) is 4. The van der Waals surface area contributed by atoms with Gasteiger partial charge in [0.15, 0.2) is 6.61 Å². The van der Waals surface area contributed by atoms with Gasteiger partial charge < -0.3 is 39.0 Å². The Morgan fingerprint density at radius 2 is 1.31 bits per heavy atom. The van der Waals surface area contributed by atoms with E-state index in [0.717, 1.165) is 43.7 Å². The van der Waals surface area contributed by atoms with Crippen LogP contribution in [-0.4, -0.2) is 113 Å². The highest BCUT2D eigenvalue weighted by molar-refractivity contribution is 9.09. The monoisotopic (exact) mass is 880 g/mol. The van der Waals surface area contributed by atoms with E-state index in [1.807, 2.05) is 4.81 Å². The molecule has 0 unspecified atom stereocenters. The highest BCUT2D eigenvalue weighted by Gasteiger charge is 2.30. The van der Waals surface area contributed by atoms with E-state index >= 15 is 0 Å². The van der Waals surface area contributed by atoms with Crippen LogP contribution in [0.5, 0.6) is 11.5 Å². The number of rotatable bonds is 10. The lowest BCUT2D eigenvalue weighted by Crippen LogP contribution is -2.41. The molecule has 4 rings (SSSR count). The molecule has 23 heteroatoms. The molecule has 0 saturated carbocycles. The summed E-state index contributed by atoms with van der Waals surface area (Å²) < 4.78 is 42.6. The number of nitro benzene ring substituents is 2. The summed E-state index contributed by atoms with van der Waals surface area (Å²) in [6, 6.07) is 2.37. The van der Waals surface area contributed by atoms with Crippen molar-refractivity contribution >= 4 is 88.7 Å². The normalized spacial score (nSPS) is 15.9. The number of phenols is 1. The van der Waals surface area contributed by atoms with E-state index in [1.54, 1.807) is 18.5 Å². The Balaban J connectivity index is 0.000000336. The first kappa shape index (κ1) is 47.3. The molecule has 2 aromatic rings. The maximum atomic E-state index is 14.8. The molecule has 0 aromatic heterocycles. The fourth-order valence-electron chi connectivity index (χ4n) is 5.33. The summed E-state index contributed by atoms with van der Waals surface area (Å²) in [6.07, 6.45) is 5.93. The first-order chi connectivity index (χ1) is 25.9. The SMILES string of the molecule is CB(O)N1CCCC(=Cc2cc(Cl)c(O)c([N+](=O)[O-])c2F)C1.COC(=O)CBr.COC(=O)COc1c(Cl)cc(C=C2CCCN(B(C)O)C2)c(F)c1[N+](=O)[O-]. The van der Waals surface area contributed by atoms with Crippen LogP contribution in [0.2, 0.25) is 23.7 Å². The summed E-state index contributed by atoms with van der Waals surface area (Å²) >= 11 is 14.7. The maximum Gasteiger partial charge on any atom is 0.376 e. The molecular formula is C32H39B2BrCl2F2N4O12. The average Bonchev–Trinajstić information content (AvgIpc) is 3.14. The molecule has 0 spiro atoms. The lowest BCUT2D eigenvalue weighted by molar-refractivity contribution is -0.388. The van der Waals surface area contributed by atoms with Crippen molar-refractivity contribution in [3.8, 4) is 11.5 Å². The number of alkyl halides is 1. The second kappa shape index (κ2) is 22.6. The van der Waals surface area contributed by atoms with Crippen LogP contribution in [0.1, 0.15) is 36.8 Å². The van der Waals surface area contributed by atoms with Crippen LogP contribution >= 0.6 is 39.1 Å². The van der Waals surface area contributed by atoms with Crippen LogP contribution in [0, 0.1) is 31.9 Å². The predicted molar refractivity (Wildman–Crippen MR) is 206 cm³/mol. The van der Waals surface area contributed by atoms with Crippen molar-refractivity contribution in [1.29, 1.82) is 0 Å². The van der Waals surface area contributed by atoms with E-state index in [1.165, 1.54) is 25.3 Å². The van der Waals surface area contributed by atoms with Crippen molar-refractivity contribution in [1.82, 2.24) is 9.62 Å². The minimum Gasteiger partial charge on any atom is -0.501 e. The second-order valence-corrected chi connectivity index (χ2v) is 13.4. The van der Waals surface area contributed by atoms with Crippen molar-refractivity contribution in [2.75, 3.05) is 52.3 Å². The third-order valence-corrected chi connectivity index (χ3v) is 9.14. The number of esters is 2. The predicted octanol–water partition coefficient (Wildman–Crippen LogP) is 5.77. The number of carbonyl (C=O) groups excluding carboxylic acids is 2. The summed E-state index contributed by atoms with van der Waals surface area (Å²) in [6.45, 7) is 4.95. The van der Waals surface area contributed by atoms with Gasteiger partial charge in [0.25, 0.3) is 0 Å². The molecule has 0 radical (unpaired) electrons. The molecule has 2 aromatic carbocycles. The van der Waals surface area contributed by atoms with Gasteiger partial charge in [0, 0.05) is 24.2 Å². The molecule has 0 atom stereocenters. The smallest absolute Gasteiger partial charge is 0.376 e. The van der Waals surface area contributed by atoms with E-state index < -0.39 is 71.0 Å². The molecule has 2 fully saturated rings. The van der Waals surface area contributed by atoms with Crippen molar-refractivity contribution < 1.29 is 57.6 Å². The quantitative estimate of drug-likeness (QED) is 0.0851. The van der Waals surface area contributed by atoms with Gasteiger partial charge >= 0.3 is 37.4 Å². The average molecular weight is 882 g/mol. The van der Waals surface area contributed by atoms with Crippen LogP contribution in [0.4, 0.5) is 20.2 Å². The zero-order chi connectivity index (χ0) is 41.6. The molecule has 2 heterocycles. The molecule has 16 nitrogen and oxygen atoms in total. The molecule has 55 heavy (non-hydrogen) atoms. The molecule has 2 saturated heterocycles. The largest absolute Gasteiger partial charge is 0.501 e. The molecular weight excluding hydrogens is 843 g/mol. The Bertz CT molecular complexity index is 1790. The fourth-order valence-corrected chi connectivity index (χ4v) is 6.03. The van der Waals surface area contributed by atoms with Gasteiger partial charge in [-0.15, -0.1) is 0 Å². The molecule has 2 aliphatic heterocycles. The van der Waals surface area contributed by atoms with E-state index in [-0.39, 0.29) is 32.5 Å². The zero-order valence-corrected chi connectivity index (χ0v) is 33.3. The Morgan fingerprint density at radius 3 is 1.69 bits per heavy atom. The van der Waals surface area contributed by atoms with Gasteiger partial charge in [0.1, 0.15) is 5.33 Å². The number of nitro groups is 2. The van der Waals surface area contributed by atoms with Crippen LogP contribution in [0.15, 0.2) is 23.3 Å². The zero-order valence-electron chi connectivity index (χ0n) is 30.2. The number of aromatic hydroxyl groups is 1. The molecule has 0 aliphatic carbocycles. The fraction of sp³-hybridized carbons (Fsp3) is 0.438. The summed E-state index contributed by atoms with van der Waals surface area (Å²) in [4.78, 5) is 45.0. The number of benzene rings is 2. The van der Waals surface area contributed by atoms with E-state index in [0.29, 0.717) is 32.5 Å². The van der Waals surface area contributed by atoms with Crippen LogP contribution in [0.3, 0.4) is 0 Å². The number of piperidine rings is 2.